The molecule has 2 amide bonds. The van der Waals surface area contributed by atoms with Crippen LogP contribution in [0.15, 0.2) is 28.7 Å². The van der Waals surface area contributed by atoms with Gasteiger partial charge in [0.2, 0.25) is 11.8 Å². The van der Waals surface area contributed by atoms with Gasteiger partial charge in [0.05, 0.1) is 11.8 Å². The molecule has 1 saturated heterocycles. The molecule has 6 nitrogen and oxygen atoms in total. The van der Waals surface area contributed by atoms with Crippen molar-refractivity contribution >= 4 is 33.7 Å². The average Bonchev–Trinajstić information content (AvgIpc) is 2.86. The van der Waals surface area contributed by atoms with Crippen LogP contribution in [0.3, 0.4) is 0 Å². The first kappa shape index (κ1) is 17.9. The van der Waals surface area contributed by atoms with Crippen LogP contribution in [0.25, 0.3) is 0 Å². The zero-order valence-corrected chi connectivity index (χ0v) is 15.4. The molecule has 3 rings (SSSR count). The monoisotopic (exact) mass is 409 g/mol. The van der Waals surface area contributed by atoms with Gasteiger partial charge in [0.25, 0.3) is 0 Å². The molecular formula is C18H20BrNO5. The van der Waals surface area contributed by atoms with Crippen LogP contribution in [-0.2, 0) is 19.1 Å². The molecule has 1 aliphatic carbocycles. The van der Waals surface area contributed by atoms with Gasteiger partial charge in [-0.15, -0.1) is 0 Å². The lowest BCUT2D eigenvalue weighted by atomic mass is 9.81. The number of carbonyl (C=O) groups is 3. The van der Waals surface area contributed by atoms with Crippen LogP contribution in [0.2, 0.25) is 0 Å². The largest absolute Gasteiger partial charge is 0.490 e. The predicted molar refractivity (Wildman–Crippen MR) is 92.8 cm³/mol. The molecule has 0 N–H and O–H groups in total. The number of fused-ring (bicyclic) bond motifs is 1. The Morgan fingerprint density at radius 3 is 2.24 bits per heavy atom. The van der Waals surface area contributed by atoms with E-state index in [-0.39, 0.29) is 43.4 Å². The van der Waals surface area contributed by atoms with Crippen molar-refractivity contribution in [2.45, 2.75) is 25.7 Å². The Morgan fingerprint density at radius 1 is 1.04 bits per heavy atom. The molecule has 2 unspecified atom stereocenters. The van der Waals surface area contributed by atoms with Crippen molar-refractivity contribution in [3.8, 4) is 5.75 Å². The highest BCUT2D eigenvalue weighted by atomic mass is 79.9. The normalized spacial score (nSPS) is 22.7. The fraction of sp³-hybridized carbons (Fsp3) is 0.500. The first-order valence-corrected chi connectivity index (χ1v) is 9.25. The lowest BCUT2D eigenvalue weighted by Crippen LogP contribution is -2.37. The van der Waals surface area contributed by atoms with E-state index in [4.69, 9.17) is 9.47 Å². The molecule has 134 valence electrons. The highest BCUT2D eigenvalue weighted by molar-refractivity contribution is 9.10. The van der Waals surface area contributed by atoms with Gasteiger partial charge in [0.15, 0.2) is 0 Å². The summed E-state index contributed by atoms with van der Waals surface area (Å²) in [5.41, 5.74) is 0. The van der Waals surface area contributed by atoms with Crippen molar-refractivity contribution in [3.05, 3.63) is 28.7 Å². The number of nitrogens with zero attached hydrogens (tertiary/aromatic N) is 1. The molecule has 2 fully saturated rings. The number of esters is 1. The summed E-state index contributed by atoms with van der Waals surface area (Å²) in [7, 11) is 0. The number of imide groups is 1. The number of amides is 2. The summed E-state index contributed by atoms with van der Waals surface area (Å²) in [6.07, 6.45) is 3.40. The maximum atomic E-state index is 12.3. The summed E-state index contributed by atoms with van der Waals surface area (Å²) >= 11 is 3.34. The first-order chi connectivity index (χ1) is 12.1. The molecule has 0 radical (unpaired) electrons. The molecule has 7 heteroatoms. The van der Waals surface area contributed by atoms with Gasteiger partial charge in [-0.1, -0.05) is 28.8 Å². The minimum Gasteiger partial charge on any atom is -0.490 e. The van der Waals surface area contributed by atoms with Crippen molar-refractivity contribution in [1.29, 1.82) is 0 Å². The molecular weight excluding hydrogens is 390 g/mol. The average molecular weight is 410 g/mol. The highest BCUT2D eigenvalue weighted by Gasteiger charge is 2.48. The first-order valence-electron chi connectivity index (χ1n) is 8.45. The van der Waals surface area contributed by atoms with E-state index in [1.165, 1.54) is 0 Å². The zero-order valence-electron chi connectivity index (χ0n) is 13.8. The molecule has 0 bridgehead atoms. The molecule has 1 aliphatic heterocycles. The minimum absolute atomic E-state index is 0.0674. The number of carbonyl (C=O) groups excluding carboxylic acids is 3. The summed E-state index contributed by atoms with van der Waals surface area (Å²) < 4.78 is 11.5. The number of hydrogen-bond donors (Lipinski definition) is 0. The van der Waals surface area contributed by atoms with E-state index in [2.05, 4.69) is 15.9 Å². The van der Waals surface area contributed by atoms with Crippen LogP contribution in [0, 0.1) is 11.8 Å². The van der Waals surface area contributed by atoms with E-state index >= 15 is 0 Å². The summed E-state index contributed by atoms with van der Waals surface area (Å²) in [5, 5.41) is 0. The molecule has 1 saturated carbocycles. The molecule has 0 spiro atoms. The number of hydrogen-bond acceptors (Lipinski definition) is 5. The summed E-state index contributed by atoms with van der Waals surface area (Å²) in [6.45, 7) is -0.0263. The van der Waals surface area contributed by atoms with Crippen LogP contribution in [-0.4, -0.2) is 42.4 Å². The quantitative estimate of drug-likeness (QED) is 0.410. The number of ether oxygens (including phenoxy) is 2. The summed E-state index contributed by atoms with van der Waals surface area (Å²) in [5.74, 6) is -0.840. The Hall–Kier alpha value is -1.89. The van der Waals surface area contributed by atoms with E-state index in [1.54, 1.807) is 12.1 Å². The van der Waals surface area contributed by atoms with E-state index in [1.807, 2.05) is 12.1 Å². The number of halogens is 1. The topological polar surface area (TPSA) is 72.9 Å². The third kappa shape index (κ3) is 4.21. The molecule has 1 aromatic rings. The smallest absolute Gasteiger partial charge is 0.326 e. The van der Waals surface area contributed by atoms with Crippen LogP contribution in [0.1, 0.15) is 25.7 Å². The van der Waals surface area contributed by atoms with E-state index in [9.17, 15) is 14.4 Å². The molecule has 2 aliphatic rings. The lowest BCUT2D eigenvalue weighted by Gasteiger charge is -2.19. The van der Waals surface area contributed by atoms with E-state index < -0.39 is 5.97 Å². The van der Waals surface area contributed by atoms with Gasteiger partial charge in [0.1, 0.15) is 25.5 Å². The molecule has 1 aromatic carbocycles. The van der Waals surface area contributed by atoms with Gasteiger partial charge >= 0.3 is 5.97 Å². The lowest BCUT2D eigenvalue weighted by molar-refractivity contribution is -0.153. The second-order valence-electron chi connectivity index (χ2n) is 6.28. The number of rotatable bonds is 6. The number of likely N-dealkylation sites (tertiary alicyclic amines) is 1. The van der Waals surface area contributed by atoms with Crippen molar-refractivity contribution < 1.29 is 23.9 Å². The zero-order chi connectivity index (χ0) is 17.8. The van der Waals surface area contributed by atoms with E-state index in [0.29, 0.717) is 5.75 Å². The summed E-state index contributed by atoms with van der Waals surface area (Å²) in [6, 6.07) is 7.31. The third-order valence-electron chi connectivity index (χ3n) is 4.65. The van der Waals surface area contributed by atoms with Crippen LogP contribution < -0.4 is 4.74 Å². The van der Waals surface area contributed by atoms with Gasteiger partial charge in [-0.3, -0.25) is 19.3 Å². The van der Waals surface area contributed by atoms with Crippen molar-refractivity contribution in [3.63, 3.8) is 0 Å². The third-order valence-corrected chi connectivity index (χ3v) is 5.18. The highest BCUT2D eigenvalue weighted by Crippen LogP contribution is 2.37. The SMILES string of the molecule is O=C(CN1C(=O)C2CCCCC2C1=O)OCCOc1ccc(Br)cc1. The van der Waals surface area contributed by atoms with Gasteiger partial charge in [-0.2, -0.15) is 0 Å². The Balaban J connectivity index is 1.42. The van der Waals surface area contributed by atoms with Crippen molar-refractivity contribution in [2.75, 3.05) is 19.8 Å². The van der Waals surface area contributed by atoms with Gasteiger partial charge in [0, 0.05) is 4.47 Å². The minimum atomic E-state index is -0.584. The maximum Gasteiger partial charge on any atom is 0.326 e. The van der Waals surface area contributed by atoms with Gasteiger partial charge in [-0.05, 0) is 37.1 Å². The fourth-order valence-electron chi connectivity index (χ4n) is 3.41. The van der Waals surface area contributed by atoms with Crippen LogP contribution in [0.4, 0.5) is 0 Å². The van der Waals surface area contributed by atoms with Crippen molar-refractivity contribution in [2.24, 2.45) is 11.8 Å². The second kappa shape index (κ2) is 7.99. The fourth-order valence-corrected chi connectivity index (χ4v) is 3.67. The Kier molecular flexibility index (Phi) is 5.73. The molecule has 25 heavy (non-hydrogen) atoms. The summed E-state index contributed by atoms with van der Waals surface area (Å²) in [4.78, 5) is 37.6. The Morgan fingerprint density at radius 2 is 1.64 bits per heavy atom. The molecule has 2 atom stereocenters. The number of benzene rings is 1. The molecule has 1 heterocycles. The molecule has 0 aromatic heterocycles. The van der Waals surface area contributed by atoms with Crippen molar-refractivity contribution in [1.82, 2.24) is 4.90 Å². The Bertz CT molecular complexity index is 636. The second-order valence-corrected chi connectivity index (χ2v) is 7.20. The maximum absolute atomic E-state index is 12.3. The Labute approximate surface area is 154 Å². The van der Waals surface area contributed by atoms with E-state index in [0.717, 1.165) is 35.1 Å². The standard InChI is InChI=1S/C18H20BrNO5/c19-12-5-7-13(8-6-12)24-9-10-25-16(21)11-20-17(22)14-3-1-2-4-15(14)18(20)23/h5-8,14-15H,1-4,9-11H2. The van der Waals surface area contributed by atoms with Gasteiger partial charge in [-0.25, -0.2) is 0 Å². The van der Waals surface area contributed by atoms with Crippen LogP contribution >= 0.6 is 15.9 Å². The van der Waals surface area contributed by atoms with Gasteiger partial charge < -0.3 is 9.47 Å². The predicted octanol–water partition coefficient (Wildman–Crippen LogP) is 2.55. The van der Waals surface area contributed by atoms with Crippen LogP contribution in [0.5, 0.6) is 5.75 Å².